The van der Waals surface area contributed by atoms with Crippen LogP contribution in [-0.2, 0) is 0 Å². The number of amides is 1. The van der Waals surface area contributed by atoms with Crippen LogP contribution in [0, 0.1) is 0 Å². The average Bonchev–Trinajstić information content (AvgIpc) is 3.01. The zero-order valence-corrected chi connectivity index (χ0v) is 18.6. The third-order valence-electron chi connectivity index (χ3n) is 5.42. The van der Waals surface area contributed by atoms with Gasteiger partial charge in [-0.15, -0.1) is 0 Å². The highest BCUT2D eigenvalue weighted by Gasteiger charge is 2.42. The SMILES string of the molecule is CCOc1cccc([C@H]2c3c(oc4ccc(Cl)cc4c3=O)C(=O)N2CCCN(C)C)c1. The van der Waals surface area contributed by atoms with Gasteiger partial charge in [0.05, 0.1) is 23.6 Å². The van der Waals surface area contributed by atoms with Crippen molar-refractivity contribution in [2.24, 2.45) is 0 Å². The summed E-state index contributed by atoms with van der Waals surface area (Å²) in [6.07, 6.45) is 0.772. The Hall–Kier alpha value is -2.83. The van der Waals surface area contributed by atoms with Crippen LogP contribution in [0.3, 0.4) is 0 Å². The fourth-order valence-corrected chi connectivity index (χ4v) is 4.24. The van der Waals surface area contributed by atoms with Gasteiger partial charge in [0.1, 0.15) is 11.3 Å². The maximum Gasteiger partial charge on any atom is 0.290 e. The van der Waals surface area contributed by atoms with Gasteiger partial charge in [0, 0.05) is 11.6 Å². The van der Waals surface area contributed by atoms with E-state index in [1.165, 1.54) is 0 Å². The lowest BCUT2D eigenvalue weighted by molar-refractivity contribution is 0.0722. The molecule has 0 N–H and O–H groups in total. The Bertz CT molecular complexity index is 1190. The number of fused-ring (bicyclic) bond motifs is 2. The summed E-state index contributed by atoms with van der Waals surface area (Å²) >= 11 is 6.13. The molecule has 0 radical (unpaired) electrons. The Morgan fingerprint density at radius 1 is 1.16 bits per heavy atom. The molecule has 0 unspecified atom stereocenters. The molecule has 2 heterocycles. The van der Waals surface area contributed by atoms with E-state index in [0.29, 0.717) is 40.5 Å². The number of benzene rings is 2. The van der Waals surface area contributed by atoms with Crippen molar-refractivity contribution in [1.82, 2.24) is 9.80 Å². The fourth-order valence-electron chi connectivity index (χ4n) is 4.07. The molecule has 1 aliphatic heterocycles. The number of carbonyl (C=O) groups is 1. The van der Waals surface area contributed by atoms with Gasteiger partial charge in [-0.1, -0.05) is 23.7 Å². The lowest BCUT2D eigenvalue weighted by Crippen LogP contribution is -2.32. The molecule has 0 aliphatic carbocycles. The van der Waals surface area contributed by atoms with Crippen molar-refractivity contribution in [2.75, 3.05) is 33.8 Å². The monoisotopic (exact) mass is 440 g/mol. The number of halogens is 1. The Morgan fingerprint density at radius 2 is 1.97 bits per heavy atom. The lowest BCUT2D eigenvalue weighted by Gasteiger charge is -2.26. The predicted molar refractivity (Wildman–Crippen MR) is 121 cm³/mol. The molecule has 1 atom stereocenters. The molecule has 162 valence electrons. The van der Waals surface area contributed by atoms with Crippen LogP contribution in [0.4, 0.5) is 0 Å². The van der Waals surface area contributed by atoms with Gasteiger partial charge < -0.3 is 19.0 Å². The third kappa shape index (κ3) is 4.05. The van der Waals surface area contributed by atoms with Crippen molar-refractivity contribution in [1.29, 1.82) is 0 Å². The molecule has 1 amide bonds. The van der Waals surface area contributed by atoms with Crippen molar-refractivity contribution >= 4 is 28.5 Å². The second-order valence-electron chi connectivity index (χ2n) is 7.88. The summed E-state index contributed by atoms with van der Waals surface area (Å²) in [5.41, 5.74) is 1.31. The van der Waals surface area contributed by atoms with E-state index in [1.54, 1.807) is 23.1 Å². The van der Waals surface area contributed by atoms with E-state index < -0.39 is 6.04 Å². The first-order valence-electron chi connectivity index (χ1n) is 10.4. The smallest absolute Gasteiger partial charge is 0.290 e. The minimum absolute atomic E-state index is 0.108. The Balaban J connectivity index is 1.87. The topological polar surface area (TPSA) is 63.0 Å². The highest BCUT2D eigenvalue weighted by atomic mass is 35.5. The van der Waals surface area contributed by atoms with Gasteiger partial charge in [-0.25, -0.2) is 0 Å². The van der Waals surface area contributed by atoms with Crippen LogP contribution in [0.15, 0.2) is 51.7 Å². The second-order valence-corrected chi connectivity index (χ2v) is 8.31. The first-order valence-corrected chi connectivity index (χ1v) is 10.7. The van der Waals surface area contributed by atoms with Crippen LogP contribution in [-0.4, -0.2) is 49.5 Å². The van der Waals surface area contributed by atoms with E-state index in [9.17, 15) is 9.59 Å². The molecule has 4 rings (SSSR count). The molecule has 0 fully saturated rings. The zero-order chi connectivity index (χ0) is 22.1. The van der Waals surface area contributed by atoms with Crippen LogP contribution in [0.5, 0.6) is 5.75 Å². The second kappa shape index (κ2) is 8.73. The normalized spacial score (nSPS) is 15.7. The number of nitrogens with zero attached hydrogens (tertiary/aromatic N) is 2. The number of ether oxygens (including phenoxy) is 1. The van der Waals surface area contributed by atoms with Crippen molar-refractivity contribution in [3.05, 3.63) is 74.6 Å². The van der Waals surface area contributed by atoms with Gasteiger partial charge in [0.25, 0.3) is 5.91 Å². The summed E-state index contributed by atoms with van der Waals surface area (Å²) in [6, 6.07) is 11.9. The van der Waals surface area contributed by atoms with Crippen molar-refractivity contribution < 1.29 is 13.9 Å². The predicted octanol–water partition coefficient (Wildman–Crippen LogP) is 4.34. The molecule has 1 aromatic heterocycles. The number of hydrogen-bond acceptors (Lipinski definition) is 5. The first-order chi connectivity index (χ1) is 14.9. The van der Waals surface area contributed by atoms with Crippen LogP contribution >= 0.6 is 11.6 Å². The molecule has 0 saturated heterocycles. The Labute approximate surface area is 186 Å². The summed E-state index contributed by atoms with van der Waals surface area (Å²) in [5.74, 6) is 0.536. The molecule has 7 heteroatoms. The molecule has 0 spiro atoms. The van der Waals surface area contributed by atoms with Crippen molar-refractivity contribution in [3.8, 4) is 5.75 Å². The number of hydrogen-bond donors (Lipinski definition) is 0. The minimum Gasteiger partial charge on any atom is -0.494 e. The molecule has 0 saturated carbocycles. The highest BCUT2D eigenvalue weighted by Crippen LogP contribution is 2.39. The minimum atomic E-state index is -0.537. The third-order valence-corrected chi connectivity index (χ3v) is 5.65. The molecule has 2 aromatic carbocycles. The van der Waals surface area contributed by atoms with Crippen molar-refractivity contribution in [2.45, 2.75) is 19.4 Å². The lowest BCUT2D eigenvalue weighted by atomic mass is 9.98. The van der Waals surface area contributed by atoms with Gasteiger partial charge in [0.2, 0.25) is 5.76 Å². The van der Waals surface area contributed by atoms with Gasteiger partial charge in [-0.05, 0) is 69.9 Å². The van der Waals surface area contributed by atoms with E-state index in [0.717, 1.165) is 18.5 Å². The van der Waals surface area contributed by atoms with Gasteiger partial charge in [-0.2, -0.15) is 0 Å². The van der Waals surface area contributed by atoms with Crippen LogP contribution < -0.4 is 10.2 Å². The maximum atomic E-state index is 13.5. The summed E-state index contributed by atoms with van der Waals surface area (Å²) in [5, 5.41) is 0.821. The summed E-state index contributed by atoms with van der Waals surface area (Å²) in [6.45, 7) is 3.77. The molecule has 1 aliphatic rings. The molecule has 0 bridgehead atoms. The zero-order valence-electron chi connectivity index (χ0n) is 17.9. The van der Waals surface area contributed by atoms with E-state index in [-0.39, 0.29) is 17.1 Å². The molecule has 31 heavy (non-hydrogen) atoms. The van der Waals surface area contributed by atoms with Gasteiger partial charge in [0.15, 0.2) is 5.43 Å². The van der Waals surface area contributed by atoms with E-state index >= 15 is 0 Å². The summed E-state index contributed by atoms with van der Waals surface area (Å²) in [7, 11) is 3.98. The van der Waals surface area contributed by atoms with E-state index in [4.69, 9.17) is 20.8 Å². The Morgan fingerprint density at radius 3 is 2.71 bits per heavy atom. The van der Waals surface area contributed by atoms with Gasteiger partial charge in [-0.3, -0.25) is 9.59 Å². The summed E-state index contributed by atoms with van der Waals surface area (Å²) < 4.78 is 11.6. The molecule has 6 nitrogen and oxygen atoms in total. The maximum absolute atomic E-state index is 13.5. The van der Waals surface area contributed by atoms with E-state index in [2.05, 4.69) is 4.90 Å². The average molecular weight is 441 g/mol. The molecular formula is C24H25ClN2O4. The molecule has 3 aromatic rings. The highest BCUT2D eigenvalue weighted by molar-refractivity contribution is 6.31. The fraction of sp³-hybridized carbons (Fsp3) is 0.333. The quantitative estimate of drug-likeness (QED) is 0.546. The van der Waals surface area contributed by atoms with Gasteiger partial charge >= 0.3 is 0 Å². The van der Waals surface area contributed by atoms with E-state index in [1.807, 2.05) is 45.3 Å². The van der Waals surface area contributed by atoms with Crippen molar-refractivity contribution in [3.63, 3.8) is 0 Å². The van der Waals surface area contributed by atoms with Crippen LogP contribution in [0.25, 0.3) is 11.0 Å². The number of rotatable bonds is 7. The first kappa shape index (κ1) is 21.4. The summed E-state index contributed by atoms with van der Waals surface area (Å²) in [4.78, 5) is 30.6. The standard InChI is InChI=1S/C24H25ClN2O4/c1-4-30-17-8-5-7-15(13-17)21-20-22(28)18-14-16(25)9-10-19(18)31-23(20)24(29)27(21)12-6-11-26(2)3/h5,7-10,13-14,21H,4,6,11-12H2,1-3H3/t21-/m0/s1. The molecular weight excluding hydrogens is 416 g/mol. The van der Waals surface area contributed by atoms with Crippen LogP contribution in [0.2, 0.25) is 5.02 Å². The Kier molecular flexibility index (Phi) is 6.03. The largest absolute Gasteiger partial charge is 0.494 e. The van der Waals surface area contributed by atoms with Crippen LogP contribution in [0.1, 0.15) is 41.1 Å². The number of carbonyl (C=O) groups excluding carboxylic acids is 1.